The largest absolute Gasteiger partial charge is 0.375 e. The van der Waals surface area contributed by atoms with Crippen molar-refractivity contribution in [1.82, 2.24) is 9.97 Å². The summed E-state index contributed by atoms with van der Waals surface area (Å²) in [5.74, 6) is 0. The van der Waals surface area contributed by atoms with Gasteiger partial charge >= 0.3 is 0 Å². The van der Waals surface area contributed by atoms with E-state index in [9.17, 15) is 20.2 Å². The molecule has 2 aromatic heterocycles. The summed E-state index contributed by atoms with van der Waals surface area (Å²) in [4.78, 5) is 30.2. The summed E-state index contributed by atoms with van der Waals surface area (Å²) in [5, 5.41) is 30.5. The van der Waals surface area contributed by atoms with E-state index in [1.165, 1.54) is 35.6 Å². The molecule has 0 bridgehead atoms. The number of halogens is 1. The molecule has 0 unspecified atom stereocenters. The van der Waals surface area contributed by atoms with E-state index >= 15 is 0 Å². The topological polar surface area (TPSA) is 163 Å². The number of hydrogen-bond donors (Lipinski definition) is 2. The van der Waals surface area contributed by atoms with Crippen LogP contribution in [0.25, 0.3) is 33.6 Å². The van der Waals surface area contributed by atoms with E-state index in [2.05, 4.69) is 20.2 Å². The fourth-order valence-corrected chi connectivity index (χ4v) is 4.75. The first kappa shape index (κ1) is 25.5. The van der Waals surface area contributed by atoms with E-state index in [-0.39, 0.29) is 11.3 Å². The van der Waals surface area contributed by atoms with Crippen molar-refractivity contribution in [3.63, 3.8) is 0 Å². The van der Waals surface area contributed by atoms with Crippen LogP contribution in [0.15, 0.2) is 93.9 Å². The molecule has 10 nitrogen and oxygen atoms in total. The Labute approximate surface area is 229 Å². The number of non-ortho nitro benzene ring substituents is 1. The number of nitro benzene ring substituents is 1. The number of benzene rings is 3. The minimum Gasteiger partial charge on any atom is -0.375 e. The van der Waals surface area contributed by atoms with Crippen molar-refractivity contribution >= 4 is 44.4 Å². The predicted octanol–water partition coefficient (Wildman–Crippen LogP) is 7.26. The van der Waals surface area contributed by atoms with E-state index in [1.807, 2.05) is 24.3 Å². The number of hydrogen-bond acceptors (Lipinski definition) is 9. The lowest BCUT2D eigenvalue weighted by Gasteiger charge is -2.08. The molecule has 190 valence electrons. The van der Waals surface area contributed by atoms with Gasteiger partial charge in [0.25, 0.3) is 11.2 Å². The van der Waals surface area contributed by atoms with E-state index in [4.69, 9.17) is 17.3 Å². The summed E-state index contributed by atoms with van der Waals surface area (Å²) in [6.45, 7) is 0. The summed E-state index contributed by atoms with van der Waals surface area (Å²) in [6.07, 6.45) is 0. The van der Waals surface area contributed by atoms with Crippen LogP contribution in [0.5, 0.6) is 0 Å². The van der Waals surface area contributed by atoms with Crippen molar-refractivity contribution in [1.29, 1.82) is 5.26 Å². The van der Waals surface area contributed by atoms with E-state index in [0.29, 0.717) is 54.5 Å². The molecule has 0 fully saturated rings. The molecular formula is C27H16ClN7O3S. The Morgan fingerprint density at radius 2 is 1.69 bits per heavy atom. The summed E-state index contributed by atoms with van der Waals surface area (Å²) < 4.78 is 0. The van der Waals surface area contributed by atoms with E-state index in [0.717, 1.165) is 0 Å². The molecule has 2 heterocycles. The Balaban J connectivity index is 1.45. The van der Waals surface area contributed by atoms with Gasteiger partial charge in [-0.25, -0.2) is 4.98 Å². The number of H-pyrrole nitrogens is 1. The van der Waals surface area contributed by atoms with Gasteiger partial charge in [-0.1, -0.05) is 53.3 Å². The molecule has 3 aromatic carbocycles. The number of nitriles is 1. The van der Waals surface area contributed by atoms with Gasteiger partial charge in [0, 0.05) is 29.0 Å². The third-order valence-corrected chi connectivity index (χ3v) is 6.82. The molecule has 3 N–H and O–H groups in total. The molecule has 0 saturated carbocycles. The molecule has 0 saturated heterocycles. The second kappa shape index (κ2) is 10.7. The van der Waals surface area contributed by atoms with Crippen molar-refractivity contribution in [3.8, 4) is 39.7 Å². The molecule has 0 aliphatic heterocycles. The monoisotopic (exact) mass is 553 g/mol. The van der Waals surface area contributed by atoms with Gasteiger partial charge in [0.1, 0.15) is 17.3 Å². The van der Waals surface area contributed by atoms with Gasteiger partial charge in [-0.2, -0.15) is 5.26 Å². The second-order valence-electron chi connectivity index (χ2n) is 8.15. The first-order valence-electron chi connectivity index (χ1n) is 11.3. The van der Waals surface area contributed by atoms with Gasteiger partial charge in [-0.3, -0.25) is 14.9 Å². The molecule has 5 rings (SSSR count). The summed E-state index contributed by atoms with van der Waals surface area (Å²) in [5.41, 5.74) is 8.95. The predicted molar refractivity (Wildman–Crippen MR) is 150 cm³/mol. The Morgan fingerprint density at radius 1 is 1.00 bits per heavy atom. The summed E-state index contributed by atoms with van der Waals surface area (Å²) in [6, 6.07) is 23.4. The van der Waals surface area contributed by atoms with Gasteiger partial charge in [0.2, 0.25) is 0 Å². The Bertz CT molecular complexity index is 1840. The maximum absolute atomic E-state index is 12.7. The SMILES string of the molecule is N#Cc1c(-c2ccc([N+](=O)[O-])cc2)cc(-c2ccc(N=Nc3sc(N)nc3-c3ccccc3Cl)cc2)[nH]c1=O. The maximum Gasteiger partial charge on any atom is 0.269 e. The maximum atomic E-state index is 12.7. The van der Waals surface area contributed by atoms with Gasteiger partial charge in [0.05, 0.1) is 15.6 Å². The minimum absolute atomic E-state index is 0.0869. The van der Waals surface area contributed by atoms with E-state index in [1.54, 1.807) is 36.4 Å². The fraction of sp³-hybridized carbons (Fsp3) is 0. The van der Waals surface area contributed by atoms with Gasteiger partial charge < -0.3 is 10.7 Å². The molecule has 0 amide bonds. The Hall–Kier alpha value is -5.18. The van der Waals surface area contributed by atoms with Crippen LogP contribution in [0.1, 0.15) is 5.56 Å². The van der Waals surface area contributed by atoms with Crippen LogP contribution < -0.4 is 11.3 Å². The lowest BCUT2D eigenvalue weighted by atomic mass is 9.99. The fourth-order valence-electron chi connectivity index (χ4n) is 3.85. The summed E-state index contributed by atoms with van der Waals surface area (Å²) in [7, 11) is 0. The number of pyridine rings is 1. The van der Waals surface area contributed by atoms with Crippen molar-refractivity contribution < 1.29 is 4.92 Å². The highest BCUT2D eigenvalue weighted by Gasteiger charge is 2.16. The van der Waals surface area contributed by atoms with Crippen molar-refractivity contribution in [2.24, 2.45) is 10.2 Å². The number of aromatic amines is 1. The number of nitro groups is 1. The number of nitrogens with one attached hydrogen (secondary N) is 1. The standard InChI is InChI=1S/C27H16ClN7O3S/c28-22-4-2-1-3-19(22)24-26(39-27(30)32-24)34-33-17-9-5-16(6-10-17)23-13-20(21(14-29)25(36)31-23)15-7-11-18(12-8-15)35(37)38/h1-13H,(H2,30,32)(H,31,36). The molecule has 0 aliphatic carbocycles. The highest BCUT2D eigenvalue weighted by atomic mass is 35.5. The Kier molecular flexibility index (Phi) is 6.96. The number of nitrogens with two attached hydrogens (primary N) is 1. The first-order valence-corrected chi connectivity index (χ1v) is 12.5. The molecular weight excluding hydrogens is 538 g/mol. The summed E-state index contributed by atoms with van der Waals surface area (Å²) >= 11 is 7.50. The van der Waals surface area contributed by atoms with Crippen molar-refractivity contribution in [3.05, 3.63) is 110 Å². The average molecular weight is 554 g/mol. The van der Waals surface area contributed by atoms with Gasteiger partial charge in [-0.05, 0) is 47.5 Å². The van der Waals surface area contributed by atoms with Crippen LogP contribution in [-0.4, -0.2) is 14.9 Å². The zero-order chi connectivity index (χ0) is 27.5. The number of thiazole rings is 1. The number of nitrogen functional groups attached to an aromatic ring is 1. The lowest BCUT2D eigenvalue weighted by Crippen LogP contribution is -2.12. The zero-order valence-corrected chi connectivity index (χ0v) is 21.4. The number of aromatic nitrogens is 2. The average Bonchev–Trinajstić information content (AvgIpc) is 3.32. The number of rotatable bonds is 6. The third-order valence-electron chi connectivity index (χ3n) is 5.72. The van der Waals surface area contributed by atoms with Crippen LogP contribution >= 0.6 is 22.9 Å². The molecule has 5 aromatic rings. The van der Waals surface area contributed by atoms with Crippen LogP contribution in [-0.2, 0) is 0 Å². The van der Waals surface area contributed by atoms with Gasteiger partial charge in [0.15, 0.2) is 10.1 Å². The smallest absolute Gasteiger partial charge is 0.269 e. The normalized spacial score (nSPS) is 11.0. The molecule has 0 radical (unpaired) electrons. The first-order chi connectivity index (χ1) is 18.8. The van der Waals surface area contributed by atoms with E-state index < -0.39 is 10.5 Å². The highest BCUT2D eigenvalue weighted by Crippen LogP contribution is 2.40. The highest BCUT2D eigenvalue weighted by molar-refractivity contribution is 7.19. The molecule has 0 spiro atoms. The Morgan fingerprint density at radius 3 is 2.36 bits per heavy atom. The number of anilines is 1. The number of azo groups is 1. The van der Waals surface area contributed by atoms with Crippen LogP contribution in [0.3, 0.4) is 0 Å². The van der Waals surface area contributed by atoms with Crippen molar-refractivity contribution in [2.75, 3.05) is 5.73 Å². The quantitative estimate of drug-likeness (QED) is 0.127. The minimum atomic E-state index is -0.568. The molecule has 39 heavy (non-hydrogen) atoms. The van der Waals surface area contributed by atoms with Crippen LogP contribution in [0.4, 0.5) is 21.5 Å². The van der Waals surface area contributed by atoms with Gasteiger partial charge in [-0.15, -0.1) is 10.2 Å². The second-order valence-corrected chi connectivity index (χ2v) is 9.57. The molecule has 12 heteroatoms. The zero-order valence-electron chi connectivity index (χ0n) is 19.8. The number of nitrogens with zero attached hydrogens (tertiary/aromatic N) is 5. The van der Waals surface area contributed by atoms with Crippen molar-refractivity contribution in [2.45, 2.75) is 0 Å². The third kappa shape index (κ3) is 5.28. The van der Waals surface area contributed by atoms with Crippen LogP contribution in [0.2, 0.25) is 5.02 Å². The molecule has 0 aliphatic rings. The van der Waals surface area contributed by atoms with Crippen LogP contribution in [0, 0.1) is 21.4 Å². The lowest BCUT2D eigenvalue weighted by molar-refractivity contribution is -0.384. The molecule has 0 atom stereocenters.